The van der Waals surface area contributed by atoms with Crippen LogP contribution in [0.4, 0.5) is 11.5 Å². The number of hydrogen-bond donors (Lipinski definition) is 1. The number of aryl methyl sites for hydroxylation is 2. The molecule has 2 aromatic rings. The van der Waals surface area contributed by atoms with Crippen molar-refractivity contribution in [3.05, 3.63) is 39.4 Å². The Bertz CT molecular complexity index is 646. The fourth-order valence-corrected chi connectivity index (χ4v) is 2.14. The number of nitrogens with zero attached hydrogens (tertiary/aromatic N) is 3. The third kappa shape index (κ3) is 2.16. The van der Waals surface area contributed by atoms with Gasteiger partial charge >= 0.3 is 0 Å². The molecule has 2 rings (SSSR count). The fourth-order valence-electron chi connectivity index (χ4n) is 2.14. The summed E-state index contributed by atoms with van der Waals surface area (Å²) in [5, 5.41) is 15.5. The molecular weight excluding hydrogens is 244 g/mol. The monoisotopic (exact) mass is 260 g/mol. The van der Waals surface area contributed by atoms with Crippen molar-refractivity contribution >= 4 is 11.5 Å². The van der Waals surface area contributed by atoms with E-state index in [4.69, 9.17) is 5.73 Å². The van der Waals surface area contributed by atoms with Crippen LogP contribution in [0.5, 0.6) is 0 Å². The zero-order valence-electron chi connectivity index (χ0n) is 11.2. The predicted octanol–water partition coefficient (Wildman–Crippen LogP) is 2.45. The molecular formula is C13H16N4O2. The average molecular weight is 260 g/mol. The minimum atomic E-state index is -0.390. The maximum Gasteiger partial charge on any atom is 0.278 e. The molecule has 1 aromatic heterocycles. The SMILES string of the molecule is CCc1c(-c2cc(C)ccc2[N+](=O)[O-])nn(C)c1N. The summed E-state index contributed by atoms with van der Waals surface area (Å²) in [5.74, 6) is 0.549. The lowest BCUT2D eigenvalue weighted by atomic mass is 10.0. The van der Waals surface area contributed by atoms with Crippen molar-refractivity contribution in [1.29, 1.82) is 0 Å². The van der Waals surface area contributed by atoms with Crippen LogP contribution in [0.15, 0.2) is 18.2 Å². The van der Waals surface area contributed by atoms with E-state index < -0.39 is 0 Å². The van der Waals surface area contributed by atoms with E-state index in [9.17, 15) is 10.1 Å². The van der Waals surface area contributed by atoms with Crippen LogP contribution in [0.25, 0.3) is 11.3 Å². The number of nitro benzene ring substituents is 1. The summed E-state index contributed by atoms with van der Waals surface area (Å²) in [6, 6.07) is 5.01. The summed E-state index contributed by atoms with van der Waals surface area (Å²) < 4.78 is 1.56. The molecule has 100 valence electrons. The summed E-state index contributed by atoms with van der Waals surface area (Å²) in [6.45, 7) is 3.85. The lowest BCUT2D eigenvalue weighted by molar-refractivity contribution is -0.384. The molecule has 0 aliphatic heterocycles. The molecule has 0 unspecified atom stereocenters. The molecule has 1 heterocycles. The van der Waals surface area contributed by atoms with Gasteiger partial charge in [0.05, 0.1) is 10.5 Å². The second-order valence-corrected chi connectivity index (χ2v) is 4.47. The van der Waals surface area contributed by atoms with E-state index in [2.05, 4.69) is 5.10 Å². The molecule has 0 saturated carbocycles. The molecule has 0 radical (unpaired) electrons. The molecule has 0 aliphatic carbocycles. The Kier molecular flexibility index (Phi) is 3.25. The van der Waals surface area contributed by atoms with Gasteiger partial charge in [0.15, 0.2) is 0 Å². The van der Waals surface area contributed by atoms with Gasteiger partial charge in [0.2, 0.25) is 0 Å². The third-order valence-electron chi connectivity index (χ3n) is 3.15. The summed E-state index contributed by atoms with van der Waals surface area (Å²) in [6.07, 6.45) is 0.681. The van der Waals surface area contributed by atoms with Crippen LogP contribution >= 0.6 is 0 Å². The van der Waals surface area contributed by atoms with Gasteiger partial charge in [0, 0.05) is 18.7 Å². The quantitative estimate of drug-likeness (QED) is 0.678. The van der Waals surface area contributed by atoms with Crippen LogP contribution in [0, 0.1) is 17.0 Å². The zero-order chi connectivity index (χ0) is 14.2. The average Bonchev–Trinajstić information content (AvgIpc) is 2.64. The first-order valence-corrected chi connectivity index (χ1v) is 6.02. The molecule has 0 fully saturated rings. The molecule has 6 heteroatoms. The number of rotatable bonds is 3. The van der Waals surface area contributed by atoms with Crippen molar-refractivity contribution in [1.82, 2.24) is 9.78 Å². The minimum Gasteiger partial charge on any atom is -0.384 e. The number of nitro groups is 1. The van der Waals surface area contributed by atoms with Crippen molar-refractivity contribution in [3.63, 3.8) is 0 Å². The molecule has 2 N–H and O–H groups in total. The molecule has 0 amide bonds. The number of anilines is 1. The highest BCUT2D eigenvalue weighted by Crippen LogP contribution is 2.34. The number of hydrogen-bond acceptors (Lipinski definition) is 4. The van der Waals surface area contributed by atoms with E-state index in [-0.39, 0.29) is 10.6 Å². The number of nitrogen functional groups attached to an aromatic ring is 1. The Morgan fingerprint density at radius 2 is 2.16 bits per heavy atom. The highest BCUT2D eigenvalue weighted by molar-refractivity contribution is 5.76. The van der Waals surface area contributed by atoms with E-state index >= 15 is 0 Å². The maximum absolute atomic E-state index is 11.1. The number of benzene rings is 1. The zero-order valence-corrected chi connectivity index (χ0v) is 11.2. The molecule has 6 nitrogen and oxygen atoms in total. The van der Waals surface area contributed by atoms with Gasteiger partial charge in [-0.25, -0.2) is 0 Å². The van der Waals surface area contributed by atoms with Gasteiger partial charge in [-0.2, -0.15) is 5.10 Å². The topological polar surface area (TPSA) is 87.0 Å². The standard InChI is InChI=1S/C13H16N4O2/c1-4-9-12(15-16(3)13(9)14)10-7-8(2)5-6-11(10)17(18)19/h5-7H,4,14H2,1-3H3. The number of nitrogens with two attached hydrogens (primary N) is 1. The molecule has 0 spiro atoms. The van der Waals surface area contributed by atoms with Crippen molar-refractivity contribution in [2.75, 3.05) is 5.73 Å². The van der Waals surface area contributed by atoms with Crippen LogP contribution in [-0.2, 0) is 13.5 Å². The van der Waals surface area contributed by atoms with Gasteiger partial charge in [-0.3, -0.25) is 14.8 Å². The highest BCUT2D eigenvalue weighted by Gasteiger charge is 2.22. The Morgan fingerprint density at radius 1 is 1.47 bits per heavy atom. The van der Waals surface area contributed by atoms with Crippen LogP contribution in [0.2, 0.25) is 0 Å². The van der Waals surface area contributed by atoms with Gasteiger partial charge in [-0.05, 0) is 25.0 Å². The highest BCUT2D eigenvalue weighted by atomic mass is 16.6. The number of aromatic nitrogens is 2. The van der Waals surface area contributed by atoms with Gasteiger partial charge in [-0.1, -0.05) is 13.0 Å². The third-order valence-corrected chi connectivity index (χ3v) is 3.15. The lowest BCUT2D eigenvalue weighted by Gasteiger charge is -2.04. The van der Waals surface area contributed by atoms with E-state index in [1.165, 1.54) is 6.07 Å². The lowest BCUT2D eigenvalue weighted by Crippen LogP contribution is -1.98. The molecule has 0 saturated heterocycles. The van der Waals surface area contributed by atoms with E-state index in [0.717, 1.165) is 11.1 Å². The summed E-state index contributed by atoms with van der Waals surface area (Å²) in [7, 11) is 1.74. The molecule has 1 aromatic carbocycles. The van der Waals surface area contributed by atoms with E-state index in [1.807, 2.05) is 13.8 Å². The van der Waals surface area contributed by atoms with Crippen molar-refractivity contribution < 1.29 is 4.92 Å². The Balaban J connectivity index is 2.74. The molecule has 0 bridgehead atoms. The molecule has 0 aliphatic rings. The van der Waals surface area contributed by atoms with Crippen LogP contribution in [0.1, 0.15) is 18.1 Å². The first-order chi connectivity index (χ1) is 8.95. The normalized spacial score (nSPS) is 10.7. The first-order valence-electron chi connectivity index (χ1n) is 6.02. The van der Waals surface area contributed by atoms with Crippen LogP contribution in [-0.4, -0.2) is 14.7 Å². The smallest absolute Gasteiger partial charge is 0.278 e. The van der Waals surface area contributed by atoms with Gasteiger partial charge in [0.1, 0.15) is 11.5 Å². The van der Waals surface area contributed by atoms with Gasteiger partial charge in [-0.15, -0.1) is 0 Å². The van der Waals surface area contributed by atoms with Gasteiger partial charge < -0.3 is 5.73 Å². The van der Waals surface area contributed by atoms with E-state index in [0.29, 0.717) is 23.5 Å². The van der Waals surface area contributed by atoms with Crippen molar-refractivity contribution in [2.24, 2.45) is 7.05 Å². The molecule has 0 atom stereocenters. The van der Waals surface area contributed by atoms with Gasteiger partial charge in [0.25, 0.3) is 5.69 Å². The van der Waals surface area contributed by atoms with Crippen LogP contribution < -0.4 is 5.73 Å². The Morgan fingerprint density at radius 3 is 2.74 bits per heavy atom. The van der Waals surface area contributed by atoms with Crippen LogP contribution in [0.3, 0.4) is 0 Å². The Labute approximate surface area is 111 Å². The van der Waals surface area contributed by atoms with Crippen molar-refractivity contribution in [2.45, 2.75) is 20.3 Å². The van der Waals surface area contributed by atoms with Crippen molar-refractivity contribution in [3.8, 4) is 11.3 Å². The predicted molar refractivity (Wildman–Crippen MR) is 73.8 cm³/mol. The Hall–Kier alpha value is -2.37. The second kappa shape index (κ2) is 4.72. The summed E-state index contributed by atoms with van der Waals surface area (Å²) in [5.41, 5.74) is 8.91. The second-order valence-electron chi connectivity index (χ2n) is 4.47. The summed E-state index contributed by atoms with van der Waals surface area (Å²) >= 11 is 0. The summed E-state index contributed by atoms with van der Waals surface area (Å²) in [4.78, 5) is 10.7. The maximum atomic E-state index is 11.1. The fraction of sp³-hybridized carbons (Fsp3) is 0.308. The molecule has 19 heavy (non-hydrogen) atoms. The first kappa shape index (κ1) is 13.1. The minimum absolute atomic E-state index is 0.0541. The van der Waals surface area contributed by atoms with E-state index in [1.54, 1.807) is 23.9 Å². The largest absolute Gasteiger partial charge is 0.384 e.